The molecule has 0 radical (unpaired) electrons. The van der Waals surface area contributed by atoms with Crippen molar-refractivity contribution in [2.75, 3.05) is 11.1 Å². The fraction of sp³-hybridized carbons (Fsp3) is 0. The quantitative estimate of drug-likeness (QED) is 0.708. The standard InChI is InChI=1S/C15H11FN4O2/c16-22-15(21)20-14-6-11-4-10(9-2-1-3-18-7-9)5-13(17)12(11)8-19-14/h1-8H,17H2,(H,19,20,21). The number of carbonyl (C=O) groups excluding carboxylic acids is 1. The van der Waals surface area contributed by atoms with Gasteiger partial charge in [-0.2, -0.15) is 0 Å². The van der Waals surface area contributed by atoms with Gasteiger partial charge in [0.05, 0.1) is 0 Å². The predicted molar refractivity (Wildman–Crippen MR) is 80.6 cm³/mol. The number of anilines is 2. The first-order valence-electron chi connectivity index (χ1n) is 6.36. The molecule has 7 heteroatoms. The molecule has 1 amide bonds. The number of aromatic nitrogens is 2. The maximum Gasteiger partial charge on any atom is 0.450 e. The monoisotopic (exact) mass is 298 g/mol. The van der Waals surface area contributed by atoms with Crippen LogP contribution in [0.2, 0.25) is 0 Å². The molecule has 3 N–H and O–H groups in total. The fourth-order valence-electron chi connectivity index (χ4n) is 2.18. The van der Waals surface area contributed by atoms with Crippen molar-refractivity contribution in [3.63, 3.8) is 0 Å². The van der Waals surface area contributed by atoms with Gasteiger partial charge < -0.3 is 5.73 Å². The minimum atomic E-state index is -1.23. The molecular formula is C15H11FN4O2. The molecule has 0 aliphatic heterocycles. The molecule has 0 unspecified atom stereocenters. The first-order chi connectivity index (χ1) is 10.7. The average molecular weight is 298 g/mol. The Hall–Kier alpha value is -3.22. The lowest BCUT2D eigenvalue weighted by Gasteiger charge is -2.08. The molecule has 2 aromatic heterocycles. The zero-order chi connectivity index (χ0) is 15.5. The highest BCUT2D eigenvalue weighted by molar-refractivity contribution is 5.98. The average Bonchev–Trinajstić information content (AvgIpc) is 2.55. The number of hydrogen-bond acceptors (Lipinski definition) is 5. The molecule has 2 heterocycles. The summed E-state index contributed by atoms with van der Waals surface area (Å²) in [5.41, 5.74) is 8.37. The van der Waals surface area contributed by atoms with E-state index in [1.54, 1.807) is 18.5 Å². The van der Waals surface area contributed by atoms with Crippen molar-refractivity contribution in [3.05, 3.63) is 48.9 Å². The van der Waals surface area contributed by atoms with Gasteiger partial charge in [0.2, 0.25) is 0 Å². The van der Waals surface area contributed by atoms with Gasteiger partial charge in [0, 0.05) is 39.8 Å². The number of pyridine rings is 2. The summed E-state index contributed by atoms with van der Waals surface area (Å²) in [4.78, 5) is 22.0. The van der Waals surface area contributed by atoms with E-state index in [9.17, 15) is 9.32 Å². The summed E-state index contributed by atoms with van der Waals surface area (Å²) in [6.07, 6.45) is 3.68. The van der Waals surface area contributed by atoms with Crippen LogP contribution in [0.25, 0.3) is 21.9 Å². The third-order valence-corrected chi connectivity index (χ3v) is 3.16. The second-order valence-electron chi connectivity index (χ2n) is 4.59. The van der Waals surface area contributed by atoms with Crippen molar-refractivity contribution in [3.8, 4) is 11.1 Å². The van der Waals surface area contributed by atoms with Crippen molar-refractivity contribution in [2.24, 2.45) is 0 Å². The smallest absolute Gasteiger partial charge is 0.398 e. The highest BCUT2D eigenvalue weighted by Crippen LogP contribution is 2.29. The number of fused-ring (bicyclic) bond motifs is 1. The summed E-state index contributed by atoms with van der Waals surface area (Å²) in [6, 6.07) is 9.03. The van der Waals surface area contributed by atoms with Crippen LogP contribution in [0.5, 0.6) is 0 Å². The highest BCUT2D eigenvalue weighted by Gasteiger charge is 2.08. The van der Waals surface area contributed by atoms with E-state index in [0.29, 0.717) is 5.69 Å². The molecule has 0 aliphatic carbocycles. The second kappa shape index (κ2) is 5.65. The van der Waals surface area contributed by atoms with Gasteiger partial charge in [-0.25, -0.2) is 14.7 Å². The van der Waals surface area contributed by atoms with Gasteiger partial charge in [0.25, 0.3) is 0 Å². The van der Waals surface area contributed by atoms with Crippen LogP contribution in [0.1, 0.15) is 0 Å². The topological polar surface area (TPSA) is 90.1 Å². The van der Waals surface area contributed by atoms with Crippen LogP contribution in [0.3, 0.4) is 0 Å². The van der Waals surface area contributed by atoms with Gasteiger partial charge >= 0.3 is 6.09 Å². The molecule has 0 bridgehead atoms. The van der Waals surface area contributed by atoms with Crippen molar-refractivity contribution in [1.82, 2.24) is 9.97 Å². The Labute approximate surface area is 124 Å². The summed E-state index contributed by atoms with van der Waals surface area (Å²) in [7, 11) is 0. The van der Waals surface area contributed by atoms with Gasteiger partial charge in [-0.1, -0.05) is 6.07 Å². The van der Waals surface area contributed by atoms with Crippen molar-refractivity contribution >= 4 is 28.4 Å². The van der Waals surface area contributed by atoms with E-state index < -0.39 is 6.09 Å². The summed E-state index contributed by atoms with van der Waals surface area (Å²) in [5.74, 6) is 0.165. The minimum Gasteiger partial charge on any atom is -0.398 e. The van der Waals surface area contributed by atoms with Gasteiger partial charge in [-0.05, 0) is 35.2 Å². The highest BCUT2D eigenvalue weighted by atomic mass is 19.3. The Balaban J connectivity index is 2.08. The van der Waals surface area contributed by atoms with Gasteiger partial charge in [-0.3, -0.25) is 10.3 Å². The number of halogens is 1. The van der Waals surface area contributed by atoms with Crippen molar-refractivity contribution in [1.29, 1.82) is 0 Å². The molecule has 0 fully saturated rings. The second-order valence-corrected chi connectivity index (χ2v) is 4.59. The van der Waals surface area contributed by atoms with Crippen LogP contribution < -0.4 is 11.1 Å². The van der Waals surface area contributed by atoms with E-state index in [-0.39, 0.29) is 5.82 Å². The lowest BCUT2D eigenvalue weighted by atomic mass is 10.0. The maximum atomic E-state index is 11.8. The fourth-order valence-corrected chi connectivity index (χ4v) is 2.18. The lowest BCUT2D eigenvalue weighted by molar-refractivity contribution is -0.0544. The first kappa shape index (κ1) is 13.7. The zero-order valence-corrected chi connectivity index (χ0v) is 11.3. The number of nitrogens with two attached hydrogens (primary N) is 1. The molecule has 0 saturated heterocycles. The Morgan fingerprint density at radius 1 is 1.23 bits per heavy atom. The van der Waals surface area contributed by atoms with Gasteiger partial charge in [0.15, 0.2) is 0 Å². The van der Waals surface area contributed by atoms with Crippen molar-refractivity contribution in [2.45, 2.75) is 0 Å². The summed E-state index contributed by atoms with van der Waals surface area (Å²) < 4.78 is 11.8. The zero-order valence-electron chi connectivity index (χ0n) is 11.3. The molecule has 3 aromatic rings. The summed E-state index contributed by atoms with van der Waals surface area (Å²) >= 11 is 0. The van der Waals surface area contributed by atoms with E-state index in [1.807, 2.05) is 24.3 Å². The number of nitrogens with one attached hydrogen (secondary N) is 1. The summed E-state index contributed by atoms with van der Waals surface area (Å²) in [6.45, 7) is 0. The van der Waals surface area contributed by atoms with Crippen molar-refractivity contribution < 1.29 is 14.3 Å². The number of amides is 1. The number of rotatable bonds is 2. The maximum absolute atomic E-state index is 11.8. The van der Waals surface area contributed by atoms with Crippen LogP contribution in [0.15, 0.2) is 48.9 Å². The number of benzene rings is 1. The molecular weight excluding hydrogens is 287 g/mol. The lowest BCUT2D eigenvalue weighted by Crippen LogP contribution is -2.10. The Kier molecular flexibility index (Phi) is 3.53. The van der Waals surface area contributed by atoms with Crippen LogP contribution >= 0.6 is 0 Å². The molecule has 0 spiro atoms. The molecule has 22 heavy (non-hydrogen) atoms. The molecule has 6 nitrogen and oxygen atoms in total. The third kappa shape index (κ3) is 2.64. The Morgan fingerprint density at radius 2 is 2.09 bits per heavy atom. The molecule has 110 valence electrons. The van der Waals surface area contributed by atoms with E-state index in [1.165, 1.54) is 6.20 Å². The Bertz CT molecular complexity index is 840. The summed E-state index contributed by atoms with van der Waals surface area (Å²) in [5, 5.41) is 3.64. The molecule has 3 rings (SSSR count). The number of carbonyl (C=O) groups is 1. The van der Waals surface area contributed by atoms with Crippen LogP contribution in [0, 0.1) is 0 Å². The number of nitrogens with zero attached hydrogens (tertiary/aromatic N) is 2. The van der Waals surface area contributed by atoms with Crippen LogP contribution in [0.4, 0.5) is 20.8 Å². The molecule has 0 saturated carbocycles. The van der Waals surface area contributed by atoms with Crippen LogP contribution in [-0.2, 0) is 4.94 Å². The third-order valence-electron chi connectivity index (χ3n) is 3.16. The van der Waals surface area contributed by atoms with E-state index in [2.05, 4.69) is 20.2 Å². The van der Waals surface area contributed by atoms with Crippen LogP contribution in [-0.4, -0.2) is 16.1 Å². The van der Waals surface area contributed by atoms with E-state index in [4.69, 9.17) is 5.73 Å². The molecule has 1 aromatic carbocycles. The molecule has 0 atom stereocenters. The SMILES string of the molecule is Nc1cc(-c2cccnc2)cc2cc(NC(=O)OF)ncc12. The largest absolute Gasteiger partial charge is 0.450 e. The molecule has 0 aliphatic rings. The minimum absolute atomic E-state index is 0.165. The van der Waals surface area contributed by atoms with E-state index in [0.717, 1.165) is 21.9 Å². The normalized spacial score (nSPS) is 10.4. The van der Waals surface area contributed by atoms with Gasteiger partial charge in [-0.15, -0.1) is 0 Å². The predicted octanol–water partition coefficient (Wildman–Crippen LogP) is 3.31. The van der Waals surface area contributed by atoms with E-state index >= 15 is 0 Å². The Morgan fingerprint density at radius 3 is 2.82 bits per heavy atom. The van der Waals surface area contributed by atoms with Gasteiger partial charge in [0.1, 0.15) is 5.82 Å². The number of hydrogen-bond donors (Lipinski definition) is 2. The first-order valence-corrected chi connectivity index (χ1v) is 6.36. The number of nitrogen functional groups attached to an aromatic ring is 1.